The highest BCUT2D eigenvalue weighted by atomic mass is 16.1. The number of rotatable bonds is 4. The molecule has 1 heterocycles. The first-order chi connectivity index (χ1) is 12.3. The third kappa shape index (κ3) is 3.55. The molecule has 1 N–H and O–H groups in total. The summed E-state index contributed by atoms with van der Waals surface area (Å²) in [5.41, 5.74) is 3.88. The number of fused-ring (bicyclic) bond motifs is 1. The summed E-state index contributed by atoms with van der Waals surface area (Å²) in [6, 6.07) is 19.0. The summed E-state index contributed by atoms with van der Waals surface area (Å²) in [7, 11) is 0. The smallest absolute Gasteiger partial charge is 0.227 e. The zero-order valence-electron chi connectivity index (χ0n) is 14.7. The summed E-state index contributed by atoms with van der Waals surface area (Å²) in [5.74, 6) is 0.796. The molecule has 3 heteroatoms. The summed E-state index contributed by atoms with van der Waals surface area (Å²) in [6.45, 7) is 2.91. The second-order valence-electron chi connectivity index (χ2n) is 7.33. The Kier molecular flexibility index (Phi) is 4.73. The molecule has 0 spiro atoms. The van der Waals surface area contributed by atoms with Gasteiger partial charge in [-0.05, 0) is 54.9 Å². The van der Waals surface area contributed by atoms with Crippen molar-refractivity contribution >= 4 is 11.6 Å². The first-order valence-electron chi connectivity index (χ1n) is 9.47. The number of amides is 1. The summed E-state index contributed by atoms with van der Waals surface area (Å²) >= 11 is 0. The highest BCUT2D eigenvalue weighted by Gasteiger charge is 2.28. The average molecular weight is 334 g/mol. The van der Waals surface area contributed by atoms with Crippen LogP contribution in [0.15, 0.2) is 54.6 Å². The Balaban J connectivity index is 1.33. The SMILES string of the molecule is O=C(NCC1CCN(c2ccccc2)C1)C1CCCc2ccccc21. The molecule has 2 aromatic carbocycles. The number of hydrogen-bond acceptors (Lipinski definition) is 2. The van der Waals surface area contributed by atoms with Crippen molar-refractivity contribution in [1.82, 2.24) is 5.32 Å². The first-order valence-corrected chi connectivity index (χ1v) is 9.47. The van der Waals surface area contributed by atoms with Crippen molar-refractivity contribution in [3.05, 3.63) is 65.7 Å². The fourth-order valence-electron chi connectivity index (χ4n) is 4.27. The van der Waals surface area contributed by atoms with Gasteiger partial charge >= 0.3 is 0 Å². The molecular weight excluding hydrogens is 308 g/mol. The maximum atomic E-state index is 12.7. The van der Waals surface area contributed by atoms with Gasteiger partial charge in [-0.15, -0.1) is 0 Å². The Labute approximate surface area is 150 Å². The Morgan fingerprint density at radius 2 is 1.84 bits per heavy atom. The third-order valence-corrected chi connectivity index (χ3v) is 5.66. The Morgan fingerprint density at radius 1 is 1.04 bits per heavy atom. The van der Waals surface area contributed by atoms with Crippen molar-refractivity contribution in [2.45, 2.75) is 31.6 Å². The summed E-state index contributed by atoms with van der Waals surface area (Å²) in [4.78, 5) is 15.2. The van der Waals surface area contributed by atoms with E-state index in [2.05, 4.69) is 64.8 Å². The molecular formula is C22H26N2O. The topological polar surface area (TPSA) is 32.3 Å². The van der Waals surface area contributed by atoms with E-state index < -0.39 is 0 Å². The van der Waals surface area contributed by atoms with Crippen LogP contribution >= 0.6 is 0 Å². The van der Waals surface area contributed by atoms with Gasteiger partial charge < -0.3 is 10.2 Å². The number of anilines is 1. The third-order valence-electron chi connectivity index (χ3n) is 5.66. The van der Waals surface area contributed by atoms with E-state index in [-0.39, 0.29) is 11.8 Å². The van der Waals surface area contributed by atoms with Gasteiger partial charge in [0.1, 0.15) is 0 Å². The molecule has 0 saturated carbocycles. The van der Waals surface area contributed by atoms with E-state index in [4.69, 9.17) is 0 Å². The molecule has 0 bridgehead atoms. The van der Waals surface area contributed by atoms with Crippen LogP contribution < -0.4 is 10.2 Å². The van der Waals surface area contributed by atoms with Crippen LogP contribution in [0.3, 0.4) is 0 Å². The summed E-state index contributed by atoms with van der Waals surface area (Å²) in [6.07, 6.45) is 4.34. The molecule has 2 aromatic rings. The van der Waals surface area contributed by atoms with Gasteiger partial charge in [0.15, 0.2) is 0 Å². The molecule has 4 rings (SSSR count). The number of para-hydroxylation sites is 1. The number of nitrogens with zero attached hydrogens (tertiary/aromatic N) is 1. The van der Waals surface area contributed by atoms with E-state index in [9.17, 15) is 4.79 Å². The van der Waals surface area contributed by atoms with Crippen LogP contribution in [-0.4, -0.2) is 25.5 Å². The number of hydrogen-bond donors (Lipinski definition) is 1. The second-order valence-corrected chi connectivity index (χ2v) is 7.33. The zero-order valence-corrected chi connectivity index (χ0v) is 14.7. The van der Waals surface area contributed by atoms with Gasteiger partial charge in [-0.2, -0.15) is 0 Å². The number of carbonyl (C=O) groups is 1. The number of benzene rings is 2. The summed E-state index contributed by atoms with van der Waals surface area (Å²) < 4.78 is 0. The van der Waals surface area contributed by atoms with E-state index in [1.807, 2.05) is 0 Å². The normalized spacial score (nSPS) is 22.5. The highest BCUT2D eigenvalue weighted by molar-refractivity contribution is 5.84. The molecule has 0 aromatic heterocycles. The van der Waals surface area contributed by atoms with Crippen molar-refractivity contribution < 1.29 is 4.79 Å². The maximum absolute atomic E-state index is 12.7. The molecule has 0 radical (unpaired) electrons. The van der Waals surface area contributed by atoms with Gasteiger partial charge in [0.05, 0.1) is 5.92 Å². The molecule has 2 atom stereocenters. The lowest BCUT2D eigenvalue weighted by molar-refractivity contribution is -0.123. The van der Waals surface area contributed by atoms with Gasteiger partial charge in [-0.1, -0.05) is 42.5 Å². The van der Waals surface area contributed by atoms with Crippen molar-refractivity contribution in [2.75, 3.05) is 24.5 Å². The Bertz CT molecular complexity index is 728. The monoisotopic (exact) mass is 334 g/mol. The van der Waals surface area contributed by atoms with Gasteiger partial charge in [0.25, 0.3) is 0 Å². The fraction of sp³-hybridized carbons (Fsp3) is 0.409. The van der Waals surface area contributed by atoms with E-state index in [0.29, 0.717) is 5.92 Å². The van der Waals surface area contributed by atoms with E-state index in [1.165, 1.54) is 16.8 Å². The molecule has 1 fully saturated rings. The van der Waals surface area contributed by atoms with E-state index in [0.717, 1.165) is 45.3 Å². The lowest BCUT2D eigenvalue weighted by atomic mass is 9.82. The standard InChI is InChI=1S/C22H26N2O/c25-22(21-12-6-8-18-7-4-5-11-20(18)21)23-15-17-13-14-24(16-17)19-9-2-1-3-10-19/h1-5,7,9-11,17,21H,6,8,12-16H2,(H,23,25). The average Bonchev–Trinajstić information content (AvgIpc) is 3.15. The van der Waals surface area contributed by atoms with Crippen LogP contribution in [0.5, 0.6) is 0 Å². The summed E-state index contributed by atoms with van der Waals surface area (Å²) in [5, 5.41) is 3.24. The predicted octanol–water partition coefficient (Wildman–Crippen LogP) is 3.75. The van der Waals surface area contributed by atoms with Crippen LogP contribution in [0, 0.1) is 5.92 Å². The lowest BCUT2D eigenvalue weighted by Gasteiger charge is -2.25. The first kappa shape index (κ1) is 16.2. The quantitative estimate of drug-likeness (QED) is 0.923. The van der Waals surface area contributed by atoms with Crippen LogP contribution in [-0.2, 0) is 11.2 Å². The lowest BCUT2D eigenvalue weighted by Crippen LogP contribution is -2.35. The largest absolute Gasteiger partial charge is 0.371 e. The predicted molar refractivity (Wildman–Crippen MR) is 102 cm³/mol. The highest BCUT2D eigenvalue weighted by Crippen LogP contribution is 2.31. The van der Waals surface area contributed by atoms with Crippen molar-refractivity contribution in [1.29, 1.82) is 0 Å². The van der Waals surface area contributed by atoms with Crippen LogP contribution in [0.25, 0.3) is 0 Å². The van der Waals surface area contributed by atoms with Crippen LogP contribution in [0.2, 0.25) is 0 Å². The second kappa shape index (κ2) is 7.30. The van der Waals surface area contributed by atoms with Crippen LogP contribution in [0.4, 0.5) is 5.69 Å². The van der Waals surface area contributed by atoms with Crippen molar-refractivity contribution in [3.8, 4) is 0 Å². The van der Waals surface area contributed by atoms with Gasteiger partial charge in [0.2, 0.25) is 5.91 Å². The Morgan fingerprint density at radius 3 is 2.72 bits per heavy atom. The number of aryl methyl sites for hydroxylation is 1. The minimum Gasteiger partial charge on any atom is -0.371 e. The van der Waals surface area contributed by atoms with Crippen molar-refractivity contribution in [2.24, 2.45) is 5.92 Å². The van der Waals surface area contributed by atoms with E-state index in [1.54, 1.807) is 0 Å². The Hall–Kier alpha value is -2.29. The minimum absolute atomic E-state index is 0.0385. The molecule has 3 nitrogen and oxygen atoms in total. The molecule has 25 heavy (non-hydrogen) atoms. The molecule has 1 amide bonds. The fourth-order valence-corrected chi connectivity index (χ4v) is 4.27. The zero-order chi connectivity index (χ0) is 17.1. The molecule has 1 aliphatic heterocycles. The van der Waals surface area contributed by atoms with E-state index >= 15 is 0 Å². The molecule has 2 unspecified atom stereocenters. The van der Waals surface area contributed by atoms with Gasteiger partial charge in [-0.25, -0.2) is 0 Å². The minimum atomic E-state index is 0.0385. The van der Waals surface area contributed by atoms with Crippen molar-refractivity contribution in [3.63, 3.8) is 0 Å². The molecule has 1 aliphatic carbocycles. The number of nitrogens with one attached hydrogen (secondary N) is 1. The van der Waals surface area contributed by atoms with Crippen LogP contribution in [0.1, 0.15) is 36.3 Å². The maximum Gasteiger partial charge on any atom is 0.227 e. The molecule has 2 aliphatic rings. The molecule has 130 valence electrons. The number of carbonyl (C=O) groups excluding carboxylic acids is 1. The molecule has 1 saturated heterocycles. The van der Waals surface area contributed by atoms with Gasteiger partial charge in [-0.3, -0.25) is 4.79 Å². The van der Waals surface area contributed by atoms with Gasteiger partial charge in [0, 0.05) is 25.3 Å².